The van der Waals surface area contributed by atoms with Crippen molar-refractivity contribution >= 4 is 23.4 Å². The third-order valence-electron chi connectivity index (χ3n) is 2.99. The molecule has 2 rings (SSSR count). The van der Waals surface area contributed by atoms with Gasteiger partial charge in [0.05, 0.1) is 18.3 Å². The van der Waals surface area contributed by atoms with Gasteiger partial charge in [0.25, 0.3) is 0 Å². The largest absolute Gasteiger partial charge is 0.370 e. The molecule has 1 heterocycles. The van der Waals surface area contributed by atoms with E-state index in [1.54, 1.807) is 12.1 Å². The number of anilines is 1. The van der Waals surface area contributed by atoms with Crippen LogP contribution >= 0.6 is 11.8 Å². The Hall–Kier alpha value is -1.23. The highest BCUT2D eigenvalue weighted by atomic mass is 32.2. The van der Waals surface area contributed by atoms with Crippen molar-refractivity contribution in [3.63, 3.8) is 0 Å². The van der Waals surface area contributed by atoms with E-state index in [1.165, 1.54) is 6.07 Å². The van der Waals surface area contributed by atoms with Crippen LogP contribution < -0.4 is 10.6 Å². The second kappa shape index (κ2) is 6.09. The molecule has 0 aliphatic carbocycles. The number of guanidine groups is 1. The summed E-state index contributed by atoms with van der Waals surface area (Å²) in [5.74, 6) is 2.33. The van der Waals surface area contributed by atoms with Gasteiger partial charge >= 0.3 is 0 Å². The maximum atomic E-state index is 13.8. The van der Waals surface area contributed by atoms with E-state index in [0.29, 0.717) is 18.2 Å². The van der Waals surface area contributed by atoms with Crippen LogP contribution in [0.25, 0.3) is 0 Å². The smallest absolute Gasteiger partial charge is 0.196 e. The molecule has 1 aliphatic rings. The molecule has 1 aromatic rings. The zero-order valence-electron chi connectivity index (χ0n) is 10.5. The summed E-state index contributed by atoms with van der Waals surface area (Å²) in [5, 5.41) is 0. The number of nitrogens with zero attached hydrogens (tertiary/aromatic N) is 2. The van der Waals surface area contributed by atoms with E-state index < -0.39 is 0 Å². The summed E-state index contributed by atoms with van der Waals surface area (Å²) in [5.41, 5.74) is 6.41. The molecule has 0 saturated heterocycles. The first-order chi connectivity index (χ1) is 8.74. The Morgan fingerprint density at radius 1 is 1.50 bits per heavy atom. The minimum Gasteiger partial charge on any atom is -0.370 e. The molecule has 0 aromatic heterocycles. The zero-order chi connectivity index (χ0) is 13.0. The number of benzene rings is 1. The van der Waals surface area contributed by atoms with E-state index in [1.807, 2.05) is 22.7 Å². The Bertz CT molecular complexity index is 436. The molecular weight excluding hydrogens is 249 g/mol. The highest BCUT2D eigenvalue weighted by molar-refractivity contribution is 7.99. The van der Waals surface area contributed by atoms with Gasteiger partial charge in [-0.3, -0.25) is 4.99 Å². The molecule has 0 amide bonds. The van der Waals surface area contributed by atoms with E-state index in [2.05, 4.69) is 11.9 Å². The van der Waals surface area contributed by atoms with Crippen molar-refractivity contribution in [1.82, 2.24) is 0 Å². The molecule has 1 aromatic carbocycles. The van der Waals surface area contributed by atoms with Gasteiger partial charge in [0.2, 0.25) is 0 Å². The van der Waals surface area contributed by atoms with Crippen LogP contribution in [0.2, 0.25) is 0 Å². The molecule has 1 atom stereocenters. The lowest BCUT2D eigenvalue weighted by atomic mass is 10.2. The monoisotopic (exact) mass is 267 g/mol. The lowest BCUT2D eigenvalue weighted by Gasteiger charge is -2.26. The number of nitrogens with two attached hydrogens (primary N) is 1. The third-order valence-corrected chi connectivity index (χ3v) is 3.92. The van der Waals surface area contributed by atoms with Crippen LogP contribution in [-0.4, -0.2) is 30.1 Å². The lowest BCUT2D eigenvalue weighted by Crippen LogP contribution is -2.41. The van der Waals surface area contributed by atoms with Gasteiger partial charge in [0.1, 0.15) is 5.82 Å². The predicted octanol–water partition coefficient (Wildman–Crippen LogP) is 2.47. The van der Waals surface area contributed by atoms with E-state index in [-0.39, 0.29) is 11.9 Å². The van der Waals surface area contributed by atoms with Gasteiger partial charge in [-0.1, -0.05) is 19.1 Å². The van der Waals surface area contributed by atoms with Gasteiger partial charge in [-0.05, 0) is 30.1 Å². The number of thioether (sulfide) groups is 1. The number of aliphatic imine (C=N–C) groups is 1. The van der Waals surface area contributed by atoms with Crippen molar-refractivity contribution in [1.29, 1.82) is 0 Å². The standard InChI is InChI=1S/C13H18FN3S/c1-2-18-8-7-10-9-16-13(15)17(10)12-6-4-3-5-11(12)14/h3-6,10H,2,7-9H2,1H3,(H2,15,16). The number of hydrogen-bond donors (Lipinski definition) is 1. The van der Waals surface area contributed by atoms with Crippen LogP contribution in [0.5, 0.6) is 0 Å². The molecule has 0 saturated carbocycles. The quantitative estimate of drug-likeness (QED) is 0.833. The first-order valence-electron chi connectivity index (χ1n) is 6.15. The average molecular weight is 267 g/mol. The van der Waals surface area contributed by atoms with Gasteiger partial charge in [-0.15, -0.1) is 0 Å². The van der Waals surface area contributed by atoms with Crippen molar-refractivity contribution in [2.75, 3.05) is 23.0 Å². The van der Waals surface area contributed by atoms with Crippen LogP contribution in [0.3, 0.4) is 0 Å². The molecule has 0 bridgehead atoms. The van der Waals surface area contributed by atoms with Gasteiger partial charge in [-0.2, -0.15) is 11.8 Å². The Kier molecular flexibility index (Phi) is 4.47. The molecule has 0 spiro atoms. The van der Waals surface area contributed by atoms with Crippen LogP contribution in [0.1, 0.15) is 13.3 Å². The molecule has 2 N–H and O–H groups in total. The van der Waals surface area contributed by atoms with Crippen LogP contribution in [0.4, 0.5) is 10.1 Å². The molecule has 5 heteroatoms. The fourth-order valence-electron chi connectivity index (χ4n) is 2.10. The van der Waals surface area contributed by atoms with Crippen molar-refractivity contribution in [2.45, 2.75) is 19.4 Å². The van der Waals surface area contributed by atoms with Gasteiger partial charge < -0.3 is 10.6 Å². The predicted molar refractivity (Wildman–Crippen MR) is 76.8 cm³/mol. The maximum absolute atomic E-state index is 13.8. The summed E-state index contributed by atoms with van der Waals surface area (Å²) >= 11 is 1.89. The summed E-state index contributed by atoms with van der Waals surface area (Å²) < 4.78 is 13.8. The van der Waals surface area contributed by atoms with Crippen LogP contribution in [-0.2, 0) is 0 Å². The third kappa shape index (κ3) is 2.77. The van der Waals surface area contributed by atoms with Crippen molar-refractivity contribution in [3.8, 4) is 0 Å². The molecule has 0 fully saturated rings. The topological polar surface area (TPSA) is 41.6 Å². The Morgan fingerprint density at radius 2 is 2.28 bits per heavy atom. The SMILES string of the molecule is CCSCCC1CN=C(N)N1c1ccccc1F. The van der Waals surface area contributed by atoms with E-state index in [4.69, 9.17) is 5.73 Å². The molecule has 1 aliphatic heterocycles. The molecular formula is C13H18FN3S. The van der Waals surface area contributed by atoms with Gasteiger partial charge in [0.15, 0.2) is 5.96 Å². The molecule has 0 radical (unpaired) electrons. The number of rotatable bonds is 5. The summed E-state index contributed by atoms with van der Waals surface area (Å²) in [6.07, 6.45) is 0.969. The summed E-state index contributed by atoms with van der Waals surface area (Å²) in [6.45, 7) is 2.79. The van der Waals surface area contributed by atoms with E-state index >= 15 is 0 Å². The second-order valence-corrected chi connectivity index (χ2v) is 5.55. The Balaban J connectivity index is 2.12. The normalized spacial score (nSPS) is 19.1. The van der Waals surface area contributed by atoms with Gasteiger partial charge in [-0.25, -0.2) is 4.39 Å². The molecule has 3 nitrogen and oxygen atoms in total. The van der Waals surface area contributed by atoms with Crippen LogP contribution in [0.15, 0.2) is 29.3 Å². The Morgan fingerprint density at radius 3 is 3.00 bits per heavy atom. The first kappa shape index (κ1) is 13.2. The average Bonchev–Trinajstić information content (AvgIpc) is 2.72. The highest BCUT2D eigenvalue weighted by Crippen LogP contribution is 2.25. The molecule has 1 unspecified atom stereocenters. The number of hydrogen-bond acceptors (Lipinski definition) is 4. The second-order valence-electron chi connectivity index (χ2n) is 4.16. The maximum Gasteiger partial charge on any atom is 0.196 e. The summed E-state index contributed by atoms with van der Waals surface area (Å²) in [4.78, 5) is 6.06. The first-order valence-corrected chi connectivity index (χ1v) is 7.31. The summed E-state index contributed by atoms with van der Waals surface area (Å²) in [6, 6.07) is 6.90. The number of halogens is 1. The van der Waals surface area contributed by atoms with Crippen LogP contribution in [0, 0.1) is 5.82 Å². The van der Waals surface area contributed by atoms with E-state index in [9.17, 15) is 4.39 Å². The fraction of sp³-hybridized carbons (Fsp3) is 0.462. The highest BCUT2D eigenvalue weighted by Gasteiger charge is 2.28. The van der Waals surface area contributed by atoms with E-state index in [0.717, 1.165) is 17.9 Å². The number of para-hydroxylation sites is 1. The lowest BCUT2D eigenvalue weighted by molar-refractivity contribution is 0.612. The van der Waals surface area contributed by atoms with Crippen molar-refractivity contribution in [2.24, 2.45) is 10.7 Å². The van der Waals surface area contributed by atoms with Crippen molar-refractivity contribution in [3.05, 3.63) is 30.1 Å². The zero-order valence-corrected chi connectivity index (χ0v) is 11.3. The summed E-state index contributed by atoms with van der Waals surface area (Å²) in [7, 11) is 0. The minimum absolute atomic E-state index is 0.181. The Labute approximate surface area is 111 Å². The minimum atomic E-state index is -0.245. The molecule has 98 valence electrons. The molecule has 18 heavy (non-hydrogen) atoms. The van der Waals surface area contributed by atoms with Crippen molar-refractivity contribution < 1.29 is 4.39 Å². The fourth-order valence-corrected chi connectivity index (χ4v) is 2.82. The van der Waals surface area contributed by atoms with Gasteiger partial charge in [0, 0.05) is 0 Å².